The van der Waals surface area contributed by atoms with Crippen LogP contribution in [-0.4, -0.2) is 62.2 Å². The number of carbonyl (C=O) groups excluding carboxylic acids is 1. The van der Waals surface area contributed by atoms with E-state index in [1.54, 1.807) is 0 Å². The van der Waals surface area contributed by atoms with E-state index in [9.17, 15) is 4.79 Å². The first-order valence-corrected chi connectivity index (χ1v) is 10.8. The maximum absolute atomic E-state index is 12.5. The third kappa shape index (κ3) is 9.29. The van der Waals surface area contributed by atoms with Crippen LogP contribution in [0.3, 0.4) is 0 Å². The number of amides is 1. The molecule has 0 radical (unpaired) electrons. The number of nitrogens with zero attached hydrogens (tertiary/aromatic N) is 2. The monoisotopic (exact) mass is 510 g/mol. The molecule has 0 saturated carbocycles. The zero-order valence-electron chi connectivity index (χ0n) is 18.8. The highest BCUT2D eigenvalue weighted by atomic mass is 127. The maximum atomic E-state index is 12.5. The number of piperidine rings is 1. The van der Waals surface area contributed by atoms with Crippen molar-refractivity contribution in [1.29, 1.82) is 0 Å². The average Bonchev–Trinajstić information content (AvgIpc) is 2.67. The van der Waals surface area contributed by atoms with Crippen molar-refractivity contribution in [3.05, 3.63) is 0 Å². The lowest BCUT2D eigenvalue weighted by molar-refractivity contribution is -0.136. The third-order valence-corrected chi connectivity index (χ3v) is 5.55. The summed E-state index contributed by atoms with van der Waals surface area (Å²) in [4.78, 5) is 18.9. The van der Waals surface area contributed by atoms with Gasteiger partial charge in [-0.25, -0.2) is 0 Å². The van der Waals surface area contributed by atoms with Gasteiger partial charge in [0.1, 0.15) is 0 Å². The second kappa shape index (κ2) is 15.3. The van der Waals surface area contributed by atoms with Gasteiger partial charge in [-0.3, -0.25) is 9.79 Å². The van der Waals surface area contributed by atoms with Gasteiger partial charge in [-0.2, -0.15) is 0 Å². The molecule has 1 aliphatic heterocycles. The van der Waals surface area contributed by atoms with Crippen LogP contribution in [0.15, 0.2) is 4.99 Å². The van der Waals surface area contributed by atoms with Gasteiger partial charge in [0, 0.05) is 45.2 Å². The highest BCUT2D eigenvalue weighted by molar-refractivity contribution is 14.0. The molecule has 0 aliphatic carbocycles. The Morgan fingerprint density at radius 1 is 1.18 bits per heavy atom. The minimum atomic E-state index is 0. The van der Waals surface area contributed by atoms with E-state index < -0.39 is 0 Å². The van der Waals surface area contributed by atoms with E-state index in [4.69, 9.17) is 4.74 Å². The number of nitrogens with one attached hydrogen (secondary N) is 2. The Kier molecular flexibility index (Phi) is 15.0. The number of hydrogen-bond acceptors (Lipinski definition) is 3. The number of carbonyl (C=O) groups is 1. The smallest absolute Gasteiger partial charge is 0.225 e. The summed E-state index contributed by atoms with van der Waals surface area (Å²) in [5.41, 5.74) is 0. The van der Waals surface area contributed by atoms with Crippen LogP contribution in [0.5, 0.6) is 0 Å². The molecular weight excluding hydrogens is 467 g/mol. The summed E-state index contributed by atoms with van der Waals surface area (Å²) < 4.78 is 5.80. The average molecular weight is 511 g/mol. The minimum Gasteiger partial charge on any atom is -0.378 e. The molecule has 1 aliphatic rings. The second-order valence-corrected chi connectivity index (χ2v) is 7.78. The molecule has 6 nitrogen and oxygen atoms in total. The van der Waals surface area contributed by atoms with E-state index in [0.717, 1.165) is 64.3 Å². The molecule has 0 aromatic rings. The van der Waals surface area contributed by atoms with Crippen LogP contribution in [0.2, 0.25) is 0 Å². The van der Waals surface area contributed by atoms with Crippen LogP contribution in [0.1, 0.15) is 66.7 Å². The Bertz CT molecular complexity index is 448. The lowest BCUT2D eigenvalue weighted by Gasteiger charge is -2.35. The van der Waals surface area contributed by atoms with E-state index in [1.165, 1.54) is 0 Å². The van der Waals surface area contributed by atoms with E-state index in [1.807, 2.05) is 18.9 Å². The highest BCUT2D eigenvalue weighted by Crippen LogP contribution is 2.17. The fourth-order valence-electron chi connectivity index (χ4n) is 3.68. The van der Waals surface area contributed by atoms with Crippen molar-refractivity contribution < 1.29 is 9.53 Å². The summed E-state index contributed by atoms with van der Waals surface area (Å²) >= 11 is 0. The van der Waals surface area contributed by atoms with Gasteiger partial charge in [0.15, 0.2) is 5.96 Å². The molecule has 2 N–H and O–H groups in total. The Balaban J connectivity index is 0.00000729. The maximum Gasteiger partial charge on any atom is 0.225 e. The molecule has 1 fully saturated rings. The Hall–Kier alpha value is -0.570. The Morgan fingerprint density at radius 3 is 2.25 bits per heavy atom. The molecule has 0 spiro atoms. The molecule has 0 aromatic carbocycles. The summed E-state index contributed by atoms with van der Waals surface area (Å²) in [6, 6.07) is 0.370. The van der Waals surface area contributed by atoms with Gasteiger partial charge >= 0.3 is 0 Å². The SMILES string of the molecule is CCOC(CCNC(=NC)NC1CCN(C(=O)C(CC)CC)CC1)C(C)C.I. The number of guanidine groups is 1. The van der Waals surface area contributed by atoms with Crippen LogP contribution in [0, 0.1) is 11.8 Å². The molecule has 1 saturated heterocycles. The Labute approximate surface area is 189 Å². The van der Waals surface area contributed by atoms with Crippen molar-refractivity contribution in [1.82, 2.24) is 15.5 Å². The highest BCUT2D eigenvalue weighted by Gasteiger charge is 2.26. The van der Waals surface area contributed by atoms with Gasteiger partial charge < -0.3 is 20.3 Å². The second-order valence-electron chi connectivity index (χ2n) is 7.78. The summed E-state index contributed by atoms with van der Waals surface area (Å²) in [5, 5.41) is 6.93. The van der Waals surface area contributed by atoms with Crippen molar-refractivity contribution >= 4 is 35.8 Å². The van der Waals surface area contributed by atoms with Crippen molar-refractivity contribution in [2.45, 2.75) is 78.9 Å². The first kappa shape index (κ1) is 27.4. The van der Waals surface area contributed by atoms with E-state index in [-0.39, 0.29) is 36.0 Å². The zero-order chi connectivity index (χ0) is 20.2. The van der Waals surface area contributed by atoms with Crippen LogP contribution in [0.25, 0.3) is 0 Å². The predicted molar refractivity (Wildman–Crippen MR) is 128 cm³/mol. The molecule has 0 bridgehead atoms. The number of ether oxygens (including phenoxy) is 1. The van der Waals surface area contributed by atoms with Crippen LogP contribution >= 0.6 is 24.0 Å². The van der Waals surface area contributed by atoms with Gasteiger partial charge in [-0.05, 0) is 44.9 Å². The zero-order valence-corrected chi connectivity index (χ0v) is 21.1. The van der Waals surface area contributed by atoms with Gasteiger partial charge in [-0.15, -0.1) is 24.0 Å². The standard InChI is InChI=1S/C21H42N4O2.HI/c1-7-17(8-2)20(26)25-14-11-18(12-15-25)24-21(22-6)23-13-10-19(16(4)5)27-9-3;/h16-19H,7-15H2,1-6H3,(H2,22,23,24);1H. The molecule has 1 unspecified atom stereocenters. The summed E-state index contributed by atoms with van der Waals surface area (Å²) in [7, 11) is 1.81. The third-order valence-electron chi connectivity index (χ3n) is 5.55. The Morgan fingerprint density at radius 2 is 1.79 bits per heavy atom. The number of aliphatic imine (C=N–C) groups is 1. The van der Waals surface area contributed by atoms with E-state index in [0.29, 0.717) is 17.9 Å². The molecular formula is C21H43IN4O2. The predicted octanol–water partition coefficient (Wildman–Crippen LogP) is 3.65. The lowest BCUT2D eigenvalue weighted by Crippen LogP contribution is -2.50. The van der Waals surface area contributed by atoms with Crippen LogP contribution in [-0.2, 0) is 9.53 Å². The first-order valence-electron chi connectivity index (χ1n) is 10.8. The number of halogens is 1. The number of likely N-dealkylation sites (tertiary alicyclic amines) is 1. The fraction of sp³-hybridized carbons (Fsp3) is 0.905. The van der Waals surface area contributed by atoms with Crippen LogP contribution < -0.4 is 10.6 Å². The normalized spacial score (nSPS) is 16.9. The van der Waals surface area contributed by atoms with Crippen molar-refractivity contribution in [2.24, 2.45) is 16.8 Å². The van der Waals surface area contributed by atoms with Gasteiger partial charge in [-0.1, -0.05) is 27.7 Å². The van der Waals surface area contributed by atoms with Gasteiger partial charge in [0.2, 0.25) is 5.91 Å². The van der Waals surface area contributed by atoms with E-state index in [2.05, 4.69) is 43.3 Å². The van der Waals surface area contributed by atoms with Crippen molar-refractivity contribution in [2.75, 3.05) is 33.3 Å². The lowest BCUT2D eigenvalue weighted by atomic mass is 9.98. The molecule has 1 heterocycles. The molecule has 0 aromatic heterocycles. The van der Waals surface area contributed by atoms with Gasteiger partial charge in [0.25, 0.3) is 0 Å². The molecule has 1 atom stereocenters. The minimum absolute atomic E-state index is 0. The molecule has 28 heavy (non-hydrogen) atoms. The number of rotatable bonds is 10. The topological polar surface area (TPSA) is 66.0 Å². The molecule has 1 amide bonds. The van der Waals surface area contributed by atoms with Crippen LogP contribution in [0.4, 0.5) is 0 Å². The molecule has 7 heteroatoms. The number of hydrogen-bond donors (Lipinski definition) is 2. The molecule has 1 rings (SSSR count). The van der Waals surface area contributed by atoms with Crippen molar-refractivity contribution in [3.63, 3.8) is 0 Å². The quantitative estimate of drug-likeness (QED) is 0.268. The fourth-order valence-corrected chi connectivity index (χ4v) is 3.68. The summed E-state index contributed by atoms with van der Waals surface area (Å²) in [6.07, 6.45) is 5.06. The summed E-state index contributed by atoms with van der Waals surface area (Å²) in [6.45, 7) is 13.9. The van der Waals surface area contributed by atoms with Crippen molar-refractivity contribution in [3.8, 4) is 0 Å². The van der Waals surface area contributed by atoms with Gasteiger partial charge in [0.05, 0.1) is 6.10 Å². The summed E-state index contributed by atoms with van der Waals surface area (Å²) in [5.74, 6) is 1.87. The molecule has 166 valence electrons. The first-order chi connectivity index (χ1) is 13.0. The van der Waals surface area contributed by atoms with E-state index >= 15 is 0 Å². The largest absolute Gasteiger partial charge is 0.378 e.